The number of rotatable bonds is 4. The Morgan fingerprint density at radius 3 is 2.95 bits per heavy atom. The lowest BCUT2D eigenvalue weighted by molar-refractivity contribution is -0.385. The van der Waals surface area contributed by atoms with Gasteiger partial charge in [-0.15, -0.1) is 11.8 Å². The molecule has 0 atom stereocenters. The maximum Gasteiger partial charge on any atom is 0.273 e. The van der Waals surface area contributed by atoms with Gasteiger partial charge in [-0.1, -0.05) is 18.2 Å². The van der Waals surface area contributed by atoms with E-state index in [0.29, 0.717) is 11.3 Å². The molecule has 0 aliphatic heterocycles. The fourth-order valence-corrected chi connectivity index (χ4v) is 2.97. The second-order valence-electron chi connectivity index (χ2n) is 4.36. The second kappa shape index (κ2) is 5.49. The quantitative estimate of drug-likeness (QED) is 0.318. The van der Waals surface area contributed by atoms with Crippen LogP contribution in [0, 0.1) is 10.1 Å². The first kappa shape index (κ1) is 13.5. The van der Waals surface area contributed by atoms with E-state index in [9.17, 15) is 10.1 Å². The molecule has 7 nitrogen and oxygen atoms in total. The molecule has 0 radical (unpaired) electrons. The van der Waals surface area contributed by atoms with Crippen molar-refractivity contribution >= 4 is 28.5 Å². The van der Waals surface area contributed by atoms with Crippen molar-refractivity contribution in [3.05, 3.63) is 52.5 Å². The summed E-state index contributed by atoms with van der Waals surface area (Å²) in [6.07, 6.45) is 3.18. The smallest absolute Gasteiger partial charge is 0.258 e. The van der Waals surface area contributed by atoms with Crippen LogP contribution in [0.1, 0.15) is 5.56 Å². The molecule has 2 heterocycles. The highest BCUT2D eigenvalue weighted by Gasteiger charge is 2.14. The average molecular weight is 301 g/mol. The normalized spacial score (nSPS) is 10.9. The molecule has 1 aromatic carbocycles. The van der Waals surface area contributed by atoms with Crippen LogP contribution in [0.25, 0.3) is 11.0 Å². The number of para-hydroxylation sites is 1. The number of aromatic nitrogens is 4. The minimum Gasteiger partial charge on any atom is -0.258 e. The lowest BCUT2D eigenvalue weighted by atomic mass is 10.2. The van der Waals surface area contributed by atoms with Crippen molar-refractivity contribution < 1.29 is 4.92 Å². The van der Waals surface area contributed by atoms with Crippen molar-refractivity contribution in [1.29, 1.82) is 0 Å². The zero-order chi connectivity index (χ0) is 14.8. The van der Waals surface area contributed by atoms with E-state index in [4.69, 9.17) is 0 Å². The molecule has 2 aromatic heterocycles. The van der Waals surface area contributed by atoms with E-state index in [2.05, 4.69) is 15.1 Å². The van der Waals surface area contributed by atoms with E-state index >= 15 is 0 Å². The van der Waals surface area contributed by atoms with Gasteiger partial charge in [-0.25, -0.2) is 9.97 Å². The fourth-order valence-electron chi connectivity index (χ4n) is 2.01. The first-order valence-electron chi connectivity index (χ1n) is 6.14. The van der Waals surface area contributed by atoms with Crippen molar-refractivity contribution in [2.75, 3.05) is 0 Å². The molecule has 0 unspecified atom stereocenters. The van der Waals surface area contributed by atoms with Crippen LogP contribution in [-0.2, 0) is 12.8 Å². The van der Waals surface area contributed by atoms with Gasteiger partial charge in [0.1, 0.15) is 11.4 Å². The lowest BCUT2D eigenvalue weighted by Crippen LogP contribution is -1.95. The molecular weight excluding hydrogens is 290 g/mol. The number of aryl methyl sites for hydroxylation is 1. The minimum atomic E-state index is -0.366. The van der Waals surface area contributed by atoms with Crippen molar-refractivity contribution in [3.63, 3.8) is 0 Å². The molecule has 0 aliphatic carbocycles. The number of nitro groups is 1. The van der Waals surface area contributed by atoms with Crippen LogP contribution in [0.15, 0.2) is 41.8 Å². The van der Waals surface area contributed by atoms with E-state index in [1.54, 1.807) is 29.1 Å². The summed E-state index contributed by atoms with van der Waals surface area (Å²) in [4.78, 5) is 19.0. The number of hydrogen-bond acceptors (Lipinski definition) is 6. The fraction of sp³-hybridized carbons (Fsp3) is 0.154. The largest absolute Gasteiger partial charge is 0.273 e. The van der Waals surface area contributed by atoms with Gasteiger partial charge in [-0.2, -0.15) is 5.10 Å². The Balaban J connectivity index is 1.89. The van der Waals surface area contributed by atoms with Crippen LogP contribution in [0.3, 0.4) is 0 Å². The van der Waals surface area contributed by atoms with Crippen LogP contribution in [0.4, 0.5) is 5.69 Å². The molecule has 0 amide bonds. The van der Waals surface area contributed by atoms with Crippen LogP contribution in [0.5, 0.6) is 0 Å². The number of benzene rings is 1. The number of fused-ring (bicyclic) bond motifs is 1. The number of thioether (sulfide) groups is 1. The van der Waals surface area contributed by atoms with Gasteiger partial charge >= 0.3 is 0 Å². The number of nitro benzene ring substituents is 1. The van der Waals surface area contributed by atoms with Gasteiger partial charge in [0.2, 0.25) is 0 Å². The average Bonchev–Trinajstić information content (AvgIpc) is 2.87. The first-order chi connectivity index (χ1) is 10.2. The Hall–Kier alpha value is -2.48. The number of hydrogen-bond donors (Lipinski definition) is 0. The third kappa shape index (κ3) is 2.57. The Bertz CT molecular complexity index is 817. The topological polar surface area (TPSA) is 86.7 Å². The zero-order valence-corrected chi connectivity index (χ0v) is 11.9. The monoisotopic (exact) mass is 301 g/mol. The highest BCUT2D eigenvalue weighted by Crippen LogP contribution is 2.30. The molecule has 0 spiro atoms. The second-order valence-corrected chi connectivity index (χ2v) is 5.32. The van der Waals surface area contributed by atoms with E-state index in [-0.39, 0.29) is 10.6 Å². The molecule has 0 saturated carbocycles. The summed E-state index contributed by atoms with van der Waals surface area (Å²) in [6.45, 7) is 0. The summed E-state index contributed by atoms with van der Waals surface area (Å²) < 4.78 is 1.67. The SMILES string of the molecule is Cn1ncc2c(SCc3ccccc3[N+](=O)[O-])ncnc21. The van der Waals surface area contributed by atoms with Crippen LogP contribution in [0.2, 0.25) is 0 Å². The van der Waals surface area contributed by atoms with Crippen molar-refractivity contribution in [1.82, 2.24) is 19.7 Å². The minimum absolute atomic E-state index is 0.126. The Morgan fingerprint density at radius 1 is 1.33 bits per heavy atom. The Labute approximate surface area is 124 Å². The lowest BCUT2D eigenvalue weighted by Gasteiger charge is -2.03. The molecule has 3 rings (SSSR count). The molecule has 0 N–H and O–H groups in total. The Kier molecular flexibility index (Phi) is 3.53. The highest BCUT2D eigenvalue weighted by atomic mass is 32.2. The third-order valence-electron chi connectivity index (χ3n) is 3.05. The molecule has 0 fully saturated rings. The zero-order valence-electron chi connectivity index (χ0n) is 11.1. The van der Waals surface area contributed by atoms with Gasteiger partial charge in [0.15, 0.2) is 5.65 Å². The molecule has 0 bridgehead atoms. The number of nitrogens with zero attached hydrogens (tertiary/aromatic N) is 5. The Morgan fingerprint density at radius 2 is 2.14 bits per heavy atom. The van der Waals surface area contributed by atoms with Gasteiger partial charge in [-0.05, 0) is 0 Å². The van der Waals surface area contributed by atoms with Gasteiger partial charge < -0.3 is 0 Å². The summed E-state index contributed by atoms with van der Waals surface area (Å²) in [5.74, 6) is 0.470. The van der Waals surface area contributed by atoms with Gasteiger partial charge in [0.05, 0.1) is 16.5 Å². The van der Waals surface area contributed by atoms with Crippen molar-refractivity contribution in [2.24, 2.45) is 7.05 Å². The van der Waals surface area contributed by atoms with Crippen LogP contribution < -0.4 is 0 Å². The molecule has 21 heavy (non-hydrogen) atoms. The molecule has 3 aromatic rings. The van der Waals surface area contributed by atoms with E-state index < -0.39 is 0 Å². The third-order valence-corrected chi connectivity index (χ3v) is 4.10. The highest BCUT2D eigenvalue weighted by molar-refractivity contribution is 7.98. The van der Waals surface area contributed by atoms with Gasteiger partial charge in [-0.3, -0.25) is 14.8 Å². The first-order valence-corrected chi connectivity index (χ1v) is 7.13. The molecule has 106 valence electrons. The van der Waals surface area contributed by atoms with Crippen molar-refractivity contribution in [2.45, 2.75) is 10.8 Å². The van der Waals surface area contributed by atoms with Crippen molar-refractivity contribution in [3.8, 4) is 0 Å². The summed E-state index contributed by atoms with van der Waals surface area (Å²) in [6, 6.07) is 6.72. The maximum atomic E-state index is 11.0. The predicted molar refractivity (Wildman–Crippen MR) is 79.0 cm³/mol. The van der Waals surface area contributed by atoms with E-state index in [1.807, 2.05) is 7.05 Å². The molecule has 8 heteroatoms. The summed E-state index contributed by atoms with van der Waals surface area (Å²) in [5.41, 5.74) is 1.54. The summed E-state index contributed by atoms with van der Waals surface area (Å²) >= 11 is 1.44. The van der Waals surface area contributed by atoms with Crippen LogP contribution in [-0.4, -0.2) is 24.7 Å². The molecule has 0 saturated heterocycles. The van der Waals surface area contributed by atoms with E-state index in [1.165, 1.54) is 24.2 Å². The molecule has 0 aliphatic rings. The summed E-state index contributed by atoms with van der Waals surface area (Å²) in [5, 5.41) is 16.8. The summed E-state index contributed by atoms with van der Waals surface area (Å²) in [7, 11) is 1.81. The van der Waals surface area contributed by atoms with Crippen LogP contribution >= 0.6 is 11.8 Å². The van der Waals surface area contributed by atoms with Gasteiger partial charge in [0, 0.05) is 24.4 Å². The standard InChI is InChI=1S/C13H11N5O2S/c1-17-12-10(6-16-17)13(15-8-14-12)21-7-9-4-2-3-5-11(9)18(19)20/h2-6,8H,7H2,1H3. The molecular formula is C13H11N5O2S. The predicted octanol–water partition coefficient (Wildman–Crippen LogP) is 2.56. The van der Waals surface area contributed by atoms with E-state index in [0.717, 1.165) is 16.1 Å². The maximum absolute atomic E-state index is 11.0. The van der Waals surface area contributed by atoms with Gasteiger partial charge in [0.25, 0.3) is 5.69 Å².